The Balaban J connectivity index is 2.11. The molecule has 0 atom stereocenters. The first-order valence-corrected chi connectivity index (χ1v) is 7.84. The molecule has 0 aliphatic rings. The molecule has 3 nitrogen and oxygen atoms in total. The van der Waals surface area contributed by atoms with Gasteiger partial charge in [-0.15, -0.1) is 0 Å². The molecule has 0 N–H and O–H groups in total. The summed E-state index contributed by atoms with van der Waals surface area (Å²) in [4.78, 5) is 12.1. The van der Waals surface area contributed by atoms with Crippen molar-refractivity contribution < 1.29 is 14.3 Å². The molecule has 0 aliphatic carbocycles. The molecule has 2 aromatic rings. The van der Waals surface area contributed by atoms with Gasteiger partial charge in [0.15, 0.2) is 0 Å². The molecule has 2 aromatic carbocycles. The normalized spacial score (nSPS) is 11.1. The summed E-state index contributed by atoms with van der Waals surface area (Å²) >= 11 is 3.44. The van der Waals surface area contributed by atoms with E-state index < -0.39 is 5.60 Å². The lowest BCUT2D eigenvalue weighted by molar-refractivity contribution is 0.00690. The van der Waals surface area contributed by atoms with Crippen LogP contribution in [-0.4, -0.2) is 11.6 Å². The first kappa shape index (κ1) is 16.6. The van der Waals surface area contributed by atoms with E-state index in [1.54, 1.807) is 18.2 Å². The van der Waals surface area contributed by atoms with Crippen molar-refractivity contribution in [3.63, 3.8) is 0 Å². The Morgan fingerprint density at radius 2 is 1.77 bits per heavy atom. The maximum Gasteiger partial charge on any atom is 0.338 e. The van der Waals surface area contributed by atoms with Gasteiger partial charge >= 0.3 is 5.97 Å². The molecule has 0 saturated heterocycles. The smallest absolute Gasteiger partial charge is 0.338 e. The quantitative estimate of drug-likeness (QED) is 0.719. The Morgan fingerprint density at radius 3 is 2.41 bits per heavy atom. The zero-order chi connectivity index (χ0) is 16.2. The number of carbonyl (C=O) groups is 1. The van der Waals surface area contributed by atoms with Gasteiger partial charge in [0.1, 0.15) is 18.0 Å². The minimum atomic E-state index is -0.519. The molecule has 116 valence electrons. The lowest BCUT2D eigenvalue weighted by Gasteiger charge is -2.19. The van der Waals surface area contributed by atoms with Crippen molar-refractivity contribution in [2.24, 2.45) is 0 Å². The van der Waals surface area contributed by atoms with Crippen LogP contribution < -0.4 is 4.74 Å². The molecule has 0 aromatic heterocycles. The van der Waals surface area contributed by atoms with Crippen molar-refractivity contribution in [3.05, 3.63) is 64.1 Å². The van der Waals surface area contributed by atoms with Gasteiger partial charge in [0.2, 0.25) is 0 Å². The fourth-order valence-corrected chi connectivity index (χ4v) is 2.17. The minimum Gasteiger partial charge on any atom is -0.488 e. The average Bonchev–Trinajstić information content (AvgIpc) is 2.45. The standard InChI is InChI=1S/C18H19BrO3/c1-18(2,3)22-17(20)14-9-10-15(19)16(11-14)21-12-13-7-5-4-6-8-13/h4-11H,12H2,1-3H3. The van der Waals surface area contributed by atoms with E-state index in [4.69, 9.17) is 9.47 Å². The first-order chi connectivity index (χ1) is 10.3. The van der Waals surface area contributed by atoms with Crippen molar-refractivity contribution in [3.8, 4) is 5.75 Å². The molecule has 0 bridgehead atoms. The fraction of sp³-hybridized carbons (Fsp3) is 0.278. The zero-order valence-electron chi connectivity index (χ0n) is 12.9. The summed E-state index contributed by atoms with van der Waals surface area (Å²) in [6.45, 7) is 5.97. The molecular weight excluding hydrogens is 344 g/mol. The maximum atomic E-state index is 12.1. The number of hydrogen-bond acceptors (Lipinski definition) is 3. The predicted octanol–water partition coefficient (Wildman–Crippen LogP) is 4.98. The summed E-state index contributed by atoms with van der Waals surface area (Å²) in [6.07, 6.45) is 0. The van der Waals surface area contributed by atoms with E-state index in [-0.39, 0.29) is 5.97 Å². The third-order valence-electron chi connectivity index (χ3n) is 2.80. The summed E-state index contributed by atoms with van der Waals surface area (Å²) < 4.78 is 12.0. The van der Waals surface area contributed by atoms with Gasteiger partial charge in [-0.2, -0.15) is 0 Å². The van der Waals surface area contributed by atoms with Gasteiger partial charge in [-0.25, -0.2) is 4.79 Å². The van der Waals surface area contributed by atoms with Crippen LogP contribution in [0.2, 0.25) is 0 Å². The van der Waals surface area contributed by atoms with Crippen LogP contribution in [-0.2, 0) is 11.3 Å². The molecule has 2 rings (SSSR count). The molecule has 0 heterocycles. The minimum absolute atomic E-state index is 0.357. The van der Waals surface area contributed by atoms with Crippen LogP contribution in [0.4, 0.5) is 0 Å². The van der Waals surface area contributed by atoms with Crippen LogP contribution in [0.15, 0.2) is 53.0 Å². The highest BCUT2D eigenvalue weighted by atomic mass is 79.9. The Hall–Kier alpha value is -1.81. The fourth-order valence-electron chi connectivity index (χ4n) is 1.81. The van der Waals surface area contributed by atoms with Gasteiger partial charge in [0.05, 0.1) is 10.0 Å². The lowest BCUT2D eigenvalue weighted by atomic mass is 10.1. The molecule has 0 fully saturated rings. The second kappa shape index (κ2) is 6.97. The van der Waals surface area contributed by atoms with Crippen molar-refractivity contribution in [1.29, 1.82) is 0 Å². The van der Waals surface area contributed by atoms with Crippen LogP contribution in [0.5, 0.6) is 5.75 Å². The van der Waals surface area contributed by atoms with Crippen LogP contribution in [0.25, 0.3) is 0 Å². The topological polar surface area (TPSA) is 35.5 Å². The molecule has 22 heavy (non-hydrogen) atoms. The van der Waals surface area contributed by atoms with Gasteiger partial charge in [0, 0.05) is 0 Å². The maximum absolute atomic E-state index is 12.1. The Kier molecular flexibility index (Phi) is 5.24. The van der Waals surface area contributed by atoms with Crippen molar-refractivity contribution in [2.75, 3.05) is 0 Å². The number of halogens is 1. The molecule has 0 amide bonds. The third kappa shape index (κ3) is 4.88. The first-order valence-electron chi connectivity index (χ1n) is 7.05. The summed E-state index contributed by atoms with van der Waals surface area (Å²) in [5.41, 5.74) is 1.02. The Labute approximate surface area is 139 Å². The highest BCUT2D eigenvalue weighted by molar-refractivity contribution is 9.10. The second-order valence-electron chi connectivity index (χ2n) is 5.92. The monoisotopic (exact) mass is 362 g/mol. The Bertz CT molecular complexity index is 645. The van der Waals surface area contributed by atoms with E-state index >= 15 is 0 Å². The Morgan fingerprint density at radius 1 is 1.09 bits per heavy atom. The molecular formula is C18H19BrO3. The number of rotatable bonds is 4. The summed E-state index contributed by atoms with van der Waals surface area (Å²) in [6, 6.07) is 15.1. The number of hydrogen-bond donors (Lipinski definition) is 0. The molecule has 0 aliphatic heterocycles. The highest BCUT2D eigenvalue weighted by Gasteiger charge is 2.18. The van der Waals surface area contributed by atoms with Crippen LogP contribution in [0.1, 0.15) is 36.7 Å². The third-order valence-corrected chi connectivity index (χ3v) is 3.46. The largest absolute Gasteiger partial charge is 0.488 e. The number of esters is 1. The molecule has 0 saturated carbocycles. The molecule has 0 spiro atoms. The van der Waals surface area contributed by atoms with Gasteiger partial charge in [0.25, 0.3) is 0 Å². The molecule has 0 unspecified atom stereocenters. The van der Waals surface area contributed by atoms with E-state index in [1.165, 1.54) is 0 Å². The van der Waals surface area contributed by atoms with Gasteiger partial charge < -0.3 is 9.47 Å². The van der Waals surface area contributed by atoms with E-state index in [0.29, 0.717) is 17.9 Å². The van der Waals surface area contributed by atoms with Gasteiger partial charge in [-0.3, -0.25) is 0 Å². The SMILES string of the molecule is CC(C)(C)OC(=O)c1ccc(Br)c(OCc2ccccc2)c1. The van der Waals surface area contributed by atoms with Crippen LogP contribution >= 0.6 is 15.9 Å². The summed E-state index contributed by atoms with van der Waals surface area (Å²) in [5.74, 6) is 0.261. The average molecular weight is 363 g/mol. The van der Waals surface area contributed by atoms with E-state index in [9.17, 15) is 4.79 Å². The van der Waals surface area contributed by atoms with E-state index in [1.807, 2.05) is 51.1 Å². The van der Waals surface area contributed by atoms with Gasteiger partial charge in [-0.05, 0) is 60.5 Å². The summed E-state index contributed by atoms with van der Waals surface area (Å²) in [7, 11) is 0. The second-order valence-corrected chi connectivity index (χ2v) is 6.78. The highest BCUT2D eigenvalue weighted by Crippen LogP contribution is 2.27. The lowest BCUT2D eigenvalue weighted by Crippen LogP contribution is -2.23. The zero-order valence-corrected chi connectivity index (χ0v) is 14.5. The predicted molar refractivity (Wildman–Crippen MR) is 90.1 cm³/mol. The van der Waals surface area contributed by atoms with E-state index in [0.717, 1.165) is 10.0 Å². The van der Waals surface area contributed by atoms with E-state index in [2.05, 4.69) is 15.9 Å². The molecule has 4 heteroatoms. The van der Waals surface area contributed by atoms with Gasteiger partial charge in [-0.1, -0.05) is 30.3 Å². The summed E-state index contributed by atoms with van der Waals surface area (Å²) in [5, 5.41) is 0. The van der Waals surface area contributed by atoms with Crippen molar-refractivity contribution >= 4 is 21.9 Å². The number of ether oxygens (including phenoxy) is 2. The number of carbonyl (C=O) groups excluding carboxylic acids is 1. The van der Waals surface area contributed by atoms with Crippen molar-refractivity contribution in [1.82, 2.24) is 0 Å². The number of benzene rings is 2. The molecule has 0 radical (unpaired) electrons. The van der Waals surface area contributed by atoms with Crippen LogP contribution in [0, 0.1) is 0 Å². The van der Waals surface area contributed by atoms with Crippen LogP contribution in [0.3, 0.4) is 0 Å². The van der Waals surface area contributed by atoms with Crippen molar-refractivity contribution in [2.45, 2.75) is 33.0 Å².